The molecule has 1 unspecified atom stereocenters. The molecule has 0 aliphatic rings. The summed E-state index contributed by atoms with van der Waals surface area (Å²) in [5.41, 5.74) is 2.20. The number of likely N-dealkylation sites (N-methyl/N-ethyl adjacent to an activating group) is 1. The van der Waals surface area contributed by atoms with Crippen molar-refractivity contribution in [3.05, 3.63) is 69.5 Å². The standard InChI is InChI=1S/C17H18Cl2FN/c1-2-21-15(9-12-4-3-5-14(18)8-12)10-13-6-7-17(20)16(19)11-13/h3-8,11,15,21H,2,9-10H2,1H3. The summed E-state index contributed by atoms with van der Waals surface area (Å²) >= 11 is 11.9. The molecule has 0 aliphatic heterocycles. The highest BCUT2D eigenvalue weighted by atomic mass is 35.5. The van der Waals surface area contributed by atoms with Crippen molar-refractivity contribution >= 4 is 23.2 Å². The highest BCUT2D eigenvalue weighted by Gasteiger charge is 2.11. The van der Waals surface area contributed by atoms with Gasteiger partial charge < -0.3 is 5.32 Å². The lowest BCUT2D eigenvalue weighted by Gasteiger charge is -2.18. The normalized spacial score (nSPS) is 12.4. The van der Waals surface area contributed by atoms with E-state index >= 15 is 0 Å². The summed E-state index contributed by atoms with van der Waals surface area (Å²) in [5, 5.41) is 4.37. The maximum atomic E-state index is 13.2. The lowest BCUT2D eigenvalue weighted by Crippen LogP contribution is -2.33. The zero-order chi connectivity index (χ0) is 15.2. The van der Waals surface area contributed by atoms with Crippen LogP contribution in [0.3, 0.4) is 0 Å². The van der Waals surface area contributed by atoms with Gasteiger partial charge in [-0.25, -0.2) is 4.39 Å². The van der Waals surface area contributed by atoms with E-state index in [2.05, 4.69) is 18.3 Å². The van der Waals surface area contributed by atoms with Gasteiger partial charge in [-0.05, 0) is 54.8 Å². The van der Waals surface area contributed by atoms with E-state index in [4.69, 9.17) is 23.2 Å². The fourth-order valence-electron chi connectivity index (χ4n) is 2.40. The molecule has 0 saturated heterocycles. The number of benzene rings is 2. The average molecular weight is 326 g/mol. The van der Waals surface area contributed by atoms with E-state index in [0.717, 1.165) is 30.0 Å². The van der Waals surface area contributed by atoms with Gasteiger partial charge in [0.2, 0.25) is 0 Å². The van der Waals surface area contributed by atoms with Crippen LogP contribution in [0.1, 0.15) is 18.1 Å². The quantitative estimate of drug-likeness (QED) is 0.796. The van der Waals surface area contributed by atoms with Crippen molar-refractivity contribution in [2.24, 2.45) is 0 Å². The van der Waals surface area contributed by atoms with Crippen molar-refractivity contribution in [1.29, 1.82) is 0 Å². The molecule has 1 N–H and O–H groups in total. The van der Waals surface area contributed by atoms with Gasteiger partial charge in [0.05, 0.1) is 5.02 Å². The van der Waals surface area contributed by atoms with Crippen molar-refractivity contribution < 1.29 is 4.39 Å². The Morgan fingerprint density at radius 2 is 1.76 bits per heavy atom. The van der Waals surface area contributed by atoms with Gasteiger partial charge in [-0.2, -0.15) is 0 Å². The van der Waals surface area contributed by atoms with Crippen LogP contribution in [0.4, 0.5) is 4.39 Å². The van der Waals surface area contributed by atoms with Crippen LogP contribution >= 0.6 is 23.2 Å². The van der Waals surface area contributed by atoms with Gasteiger partial charge in [0, 0.05) is 11.1 Å². The molecule has 0 bridgehead atoms. The predicted molar refractivity (Wildman–Crippen MR) is 87.7 cm³/mol. The number of nitrogens with one attached hydrogen (secondary N) is 1. The predicted octanol–water partition coefficient (Wildman–Crippen LogP) is 4.90. The monoisotopic (exact) mass is 325 g/mol. The Morgan fingerprint density at radius 1 is 1.05 bits per heavy atom. The Bertz CT molecular complexity index is 601. The zero-order valence-electron chi connectivity index (χ0n) is 11.9. The zero-order valence-corrected chi connectivity index (χ0v) is 13.4. The highest BCUT2D eigenvalue weighted by molar-refractivity contribution is 6.31. The smallest absolute Gasteiger partial charge is 0.141 e. The first kappa shape index (κ1) is 16.3. The molecular weight excluding hydrogens is 308 g/mol. The van der Waals surface area contributed by atoms with Gasteiger partial charge in [0.25, 0.3) is 0 Å². The molecule has 0 fully saturated rings. The molecule has 0 heterocycles. The minimum Gasteiger partial charge on any atom is -0.314 e. The van der Waals surface area contributed by atoms with Crippen LogP contribution in [0.2, 0.25) is 10.0 Å². The SMILES string of the molecule is CCNC(Cc1cccc(Cl)c1)Cc1ccc(F)c(Cl)c1. The second kappa shape index (κ2) is 7.79. The Morgan fingerprint density at radius 3 is 2.38 bits per heavy atom. The van der Waals surface area contributed by atoms with Crippen LogP contribution in [-0.2, 0) is 12.8 Å². The largest absolute Gasteiger partial charge is 0.314 e. The van der Waals surface area contributed by atoms with Crippen LogP contribution < -0.4 is 5.32 Å². The van der Waals surface area contributed by atoms with Crippen LogP contribution in [0.25, 0.3) is 0 Å². The molecule has 4 heteroatoms. The highest BCUT2D eigenvalue weighted by Crippen LogP contribution is 2.19. The van der Waals surface area contributed by atoms with Gasteiger partial charge >= 0.3 is 0 Å². The van der Waals surface area contributed by atoms with Crippen molar-refractivity contribution in [3.63, 3.8) is 0 Å². The average Bonchev–Trinajstić information content (AvgIpc) is 2.43. The summed E-state index contributed by atoms with van der Waals surface area (Å²) in [4.78, 5) is 0. The lowest BCUT2D eigenvalue weighted by atomic mass is 9.99. The van der Waals surface area contributed by atoms with E-state index < -0.39 is 0 Å². The fraction of sp³-hybridized carbons (Fsp3) is 0.294. The van der Waals surface area contributed by atoms with Gasteiger partial charge in [-0.15, -0.1) is 0 Å². The van der Waals surface area contributed by atoms with Crippen molar-refractivity contribution in [3.8, 4) is 0 Å². The maximum absolute atomic E-state index is 13.2. The van der Waals surface area contributed by atoms with Crippen LogP contribution in [0, 0.1) is 5.82 Å². The van der Waals surface area contributed by atoms with Crippen LogP contribution in [0.15, 0.2) is 42.5 Å². The topological polar surface area (TPSA) is 12.0 Å². The molecule has 0 aromatic heterocycles. The molecule has 21 heavy (non-hydrogen) atoms. The molecule has 0 spiro atoms. The molecule has 112 valence electrons. The first-order valence-corrected chi connectivity index (χ1v) is 7.76. The number of hydrogen-bond donors (Lipinski definition) is 1. The Hall–Kier alpha value is -1.09. The minimum absolute atomic E-state index is 0.172. The Labute approximate surface area is 135 Å². The maximum Gasteiger partial charge on any atom is 0.141 e. The fourth-order valence-corrected chi connectivity index (χ4v) is 2.82. The molecule has 1 nitrogen and oxygen atoms in total. The van der Waals surface area contributed by atoms with E-state index in [1.165, 1.54) is 11.6 Å². The van der Waals surface area contributed by atoms with Crippen molar-refractivity contribution in [2.45, 2.75) is 25.8 Å². The molecule has 1 atom stereocenters. The van der Waals surface area contributed by atoms with Crippen molar-refractivity contribution in [2.75, 3.05) is 6.54 Å². The minimum atomic E-state index is -0.379. The molecule has 2 rings (SSSR count). The summed E-state index contributed by atoms with van der Waals surface area (Å²) in [6.45, 7) is 2.95. The first-order chi connectivity index (χ1) is 10.1. The Kier molecular flexibility index (Phi) is 6.04. The molecule has 0 amide bonds. The first-order valence-electron chi connectivity index (χ1n) is 7.00. The second-order valence-electron chi connectivity index (χ2n) is 5.04. The van der Waals surface area contributed by atoms with E-state index in [-0.39, 0.29) is 16.9 Å². The van der Waals surface area contributed by atoms with Gasteiger partial charge in [0.1, 0.15) is 5.82 Å². The number of halogens is 3. The summed E-state index contributed by atoms with van der Waals surface area (Å²) < 4.78 is 13.2. The van der Waals surface area contributed by atoms with Crippen LogP contribution in [0.5, 0.6) is 0 Å². The second-order valence-corrected chi connectivity index (χ2v) is 5.88. The summed E-state index contributed by atoms with van der Waals surface area (Å²) in [5.74, 6) is -0.379. The Balaban J connectivity index is 2.09. The lowest BCUT2D eigenvalue weighted by molar-refractivity contribution is 0.521. The van der Waals surface area contributed by atoms with Gasteiger partial charge in [0.15, 0.2) is 0 Å². The third kappa shape index (κ3) is 4.99. The van der Waals surface area contributed by atoms with E-state index in [9.17, 15) is 4.39 Å². The third-order valence-corrected chi connectivity index (χ3v) is 3.85. The van der Waals surface area contributed by atoms with Gasteiger partial charge in [-0.1, -0.05) is 48.3 Å². The molecular formula is C17H18Cl2FN. The third-order valence-electron chi connectivity index (χ3n) is 3.33. The van der Waals surface area contributed by atoms with Crippen molar-refractivity contribution in [1.82, 2.24) is 5.32 Å². The van der Waals surface area contributed by atoms with Gasteiger partial charge in [-0.3, -0.25) is 0 Å². The molecule has 0 saturated carbocycles. The number of rotatable bonds is 6. The molecule has 0 aliphatic carbocycles. The molecule has 0 radical (unpaired) electrons. The summed E-state index contributed by atoms with van der Waals surface area (Å²) in [6.07, 6.45) is 1.66. The number of hydrogen-bond acceptors (Lipinski definition) is 1. The van der Waals surface area contributed by atoms with E-state index in [1.54, 1.807) is 12.1 Å². The van der Waals surface area contributed by atoms with Crippen LogP contribution in [-0.4, -0.2) is 12.6 Å². The summed E-state index contributed by atoms with van der Waals surface area (Å²) in [7, 11) is 0. The van der Waals surface area contributed by atoms with E-state index in [0.29, 0.717) is 0 Å². The van der Waals surface area contributed by atoms with E-state index in [1.807, 2.05) is 18.2 Å². The molecule has 2 aromatic carbocycles. The molecule has 2 aromatic rings. The summed E-state index contributed by atoms with van der Waals surface area (Å²) in [6, 6.07) is 13.0.